The third-order valence-electron chi connectivity index (χ3n) is 5.09. The van der Waals surface area contributed by atoms with E-state index in [-0.39, 0.29) is 11.9 Å². The zero-order chi connectivity index (χ0) is 21.6. The Morgan fingerprint density at radius 3 is 2.19 bits per heavy atom. The summed E-state index contributed by atoms with van der Waals surface area (Å²) < 4.78 is 5.25. The van der Waals surface area contributed by atoms with Gasteiger partial charge in [-0.3, -0.25) is 4.79 Å². The maximum atomic E-state index is 13.3. The maximum absolute atomic E-state index is 13.3. The lowest BCUT2D eigenvalue weighted by Crippen LogP contribution is -2.29. The fourth-order valence-electron chi connectivity index (χ4n) is 3.39. The molecule has 0 aliphatic heterocycles. The monoisotopic (exact) mass is 429 g/mol. The predicted molar refractivity (Wildman–Crippen MR) is 122 cm³/mol. The standard InChI is InChI=1S/C25H23N3O2S/c1-17-22(18(2)30-28-17)16-31-25-21(14-9-15-26-25)24(29)27-23(19-10-5-3-6-11-19)20-12-7-4-8-13-20/h3-15,23H,16H2,1-2H3,(H,27,29). The molecule has 0 saturated heterocycles. The van der Waals surface area contributed by atoms with Crippen LogP contribution >= 0.6 is 11.8 Å². The number of thioether (sulfide) groups is 1. The van der Waals surface area contributed by atoms with E-state index >= 15 is 0 Å². The van der Waals surface area contributed by atoms with Gasteiger partial charge in [0, 0.05) is 17.5 Å². The van der Waals surface area contributed by atoms with Gasteiger partial charge in [-0.15, -0.1) is 11.8 Å². The number of amides is 1. The van der Waals surface area contributed by atoms with Crippen molar-refractivity contribution in [2.75, 3.05) is 0 Å². The zero-order valence-electron chi connectivity index (χ0n) is 17.4. The molecule has 0 atom stereocenters. The van der Waals surface area contributed by atoms with Crippen LogP contribution in [0.4, 0.5) is 0 Å². The summed E-state index contributed by atoms with van der Waals surface area (Å²) in [7, 11) is 0. The maximum Gasteiger partial charge on any atom is 0.254 e. The molecule has 2 heterocycles. The number of benzene rings is 2. The Hall–Kier alpha value is -3.38. The summed E-state index contributed by atoms with van der Waals surface area (Å²) in [6.07, 6.45) is 1.71. The van der Waals surface area contributed by atoms with Gasteiger partial charge in [0.25, 0.3) is 5.91 Å². The quantitative estimate of drug-likeness (QED) is 0.393. The van der Waals surface area contributed by atoms with Crippen molar-refractivity contribution in [1.29, 1.82) is 0 Å². The van der Waals surface area contributed by atoms with Gasteiger partial charge in [-0.2, -0.15) is 0 Å². The summed E-state index contributed by atoms with van der Waals surface area (Å²) >= 11 is 1.51. The minimum atomic E-state index is -0.254. The van der Waals surface area contributed by atoms with Crippen LogP contribution in [0, 0.1) is 13.8 Å². The lowest BCUT2D eigenvalue weighted by molar-refractivity contribution is 0.0939. The molecule has 0 aliphatic rings. The van der Waals surface area contributed by atoms with Crippen LogP contribution in [0.3, 0.4) is 0 Å². The minimum Gasteiger partial charge on any atom is -0.361 e. The second-order valence-electron chi connectivity index (χ2n) is 7.18. The summed E-state index contributed by atoms with van der Waals surface area (Å²) in [5.74, 6) is 1.27. The summed E-state index contributed by atoms with van der Waals surface area (Å²) in [6, 6.07) is 23.3. The fraction of sp³-hybridized carbons (Fsp3) is 0.160. The Balaban J connectivity index is 1.58. The Kier molecular flexibility index (Phi) is 6.48. The summed E-state index contributed by atoms with van der Waals surface area (Å²) in [6.45, 7) is 3.81. The van der Waals surface area contributed by atoms with Crippen LogP contribution in [-0.2, 0) is 5.75 Å². The number of hydrogen-bond acceptors (Lipinski definition) is 5. The van der Waals surface area contributed by atoms with Gasteiger partial charge in [0.1, 0.15) is 10.8 Å². The molecule has 4 aromatic rings. The highest BCUT2D eigenvalue weighted by atomic mass is 32.2. The minimum absolute atomic E-state index is 0.160. The van der Waals surface area contributed by atoms with E-state index in [9.17, 15) is 4.79 Å². The van der Waals surface area contributed by atoms with E-state index in [1.165, 1.54) is 11.8 Å². The molecule has 156 valence electrons. The third-order valence-corrected chi connectivity index (χ3v) is 6.12. The van der Waals surface area contributed by atoms with Gasteiger partial charge in [-0.25, -0.2) is 4.98 Å². The van der Waals surface area contributed by atoms with Gasteiger partial charge >= 0.3 is 0 Å². The van der Waals surface area contributed by atoms with Crippen molar-refractivity contribution in [3.63, 3.8) is 0 Å². The van der Waals surface area contributed by atoms with Gasteiger partial charge in [-0.05, 0) is 37.1 Å². The third kappa shape index (κ3) is 4.86. The molecule has 5 nitrogen and oxygen atoms in total. The first-order chi connectivity index (χ1) is 15.1. The number of nitrogens with one attached hydrogen (secondary N) is 1. The van der Waals surface area contributed by atoms with Crippen molar-refractivity contribution in [2.45, 2.75) is 30.7 Å². The average Bonchev–Trinajstić information content (AvgIpc) is 3.14. The summed E-state index contributed by atoms with van der Waals surface area (Å²) in [5.41, 5.74) is 4.50. The van der Waals surface area contributed by atoms with Crippen molar-refractivity contribution in [3.8, 4) is 0 Å². The smallest absolute Gasteiger partial charge is 0.254 e. The number of rotatable bonds is 7. The number of nitrogens with zero attached hydrogens (tertiary/aromatic N) is 2. The Bertz CT molecular complexity index is 1100. The lowest BCUT2D eigenvalue weighted by atomic mass is 9.98. The van der Waals surface area contributed by atoms with Crippen LogP contribution in [-0.4, -0.2) is 16.0 Å². The first-order valence-corrected chi connectivity index (χ1v) is 11.0. The van der Waals surface area contributed by atoms with E-state index < -0.39 is 0 Å². The lowest BCUT2D eigenvalue weighted by Gasteiger charge is -2.20. The number of hydrogen-bond donors (Lipinski definition) is 1. The van der Waals surface area contributed by atoms with E-state index in [2.05, 4.69) is 15.5 Å². The molecule has 0 bridgehead atoms. The molecule has 0 aliphatic carbocycles. The molecule has 0 unspecified atom stereocenters. The Morgan fingerprint density at radius 2 is 1.61 bits per heavy atom. The first kappa shape index (κ1) is 20.9. The van der Waals surface area contributed by atoms with Crippen LogP contribution in [0.15, 0.2) is 88.5 Å². The Labute approximate surface area is 185 Å². The van der Waals surface area contributed by atoms with E-state index in [0.29, 0.717) is 16.3 Å². The molecule has 0 radical (unpaired) electrons. The zero-order valence-corrected chi connectivity index (χ0v) is 18.2. The van der Waals surface area contributed by atoms with Gasteiger partial charge in [0.05, 0.1) is 17.3 Å². The number of aromatic nitrogens is 2. The molecule has 0 spiro atoms. The molecular weight excluding hydrogens is 406 g/mol. The molecule has 0 fully saturated rings. The van der Waals surface area contributed by atoms with Crippen molar-refractivity contribution in [2.24, 2.45) is 0 Å². The van der Waals surface area contributed by atoms with Gasteiger partial charge in [-0.1, -0.05) is 65.8 Å². The highest BCUT2D eigenvalue weighted by Crippen LogP contribution is 2.28. The number of pyridine rings is 1. The molecular formula is C25H23N3O2S. The van der Waals surface area contributed by atoms with Crippen molar-refractivity contribution >= 4 is 17.7 Å². The van der Waals surface area contributed by atoms with Gasteiger partial charge in [0.2, 0.25) is 0 Å². The van der Waals surface area contributed by atoms with E-state index in [1.807, 2.05) is 80.6 Å². The second-order valence-corrected chi connectivity index (χ2v) is 8.14. The topological polar surface area (TPSA) is 68.0 Å². The molecule has 2 aromatic heterocycles. The normalized spacial score (nSPS) is 10.9. The van der Waals surface area contributed by atoms with Crippen LogP contribution in [0.5, 0.6) is 0 Å². The summed E-state index contributed by atoms with van der Waals surface area (Å²) in [4.78, 5) is 17.8. The largest absolute Gasteiger partial charge is 0.361 e. The summed E-state index contributed by atoms with van der Waals surface area (Å²) in [5, 5.41) is 7.88. The molecule has 0 saturated carbocycles. The molecule has 1 N–H and O–H groups in total. The SMILES string of the molecule is Cc1noc(C)c1CSc1ncccc1C(=O)NC(c1ccccc1)c1ccccc1. The molecule has 1 amide bonds. The molecule has 2 aromatic carbocycles. The van der Waals surface area contributed by atoms with Crippen LogP contribution in [0.25, 0.3) is 0 Å². The first-order valence-electron chi connectivity index (χ1n) is 10.0. The molecule has 4 rings (SSSR count). The Morgan fingerprint density at radius 1 is 0.968 bits per heavy atom. The average molecular weight is 430 g/mol. The number of carbonyl (C=O) groups is 1. The highest BCUT2D eigenvalue weighted by molar-refractivity contribution is 7.98. The van der Waals surface area contributed by atoms with Crippen LogP contribution < -0.4 is 5.32 Å². The molecule has 6 heteroatoms. The van der Waals surface area contributed by atoms with E-state index in [0.717, 1.165) is 28.1 Å². The van der Waals surface area contributed by atoms with Gasteiger partial charge < -0.3 is 9.84 Å². The number of aryl methyl sites for hydroxylation is 2. The van der Waals surface area contributed by atoms with Crippen molar-refractivity contribution in [3.05, 3.63) is 113 Å². The predicted octanol–water partition coefficient (Wildman–Crippen LogP) is 5.50. The van der Waals surface area contributed by atoms with E-state index in [4.69, 9.17) is 4.52 Å². The highest BCUT2D eigenvalue weighted by Gasteiger charge is 2.20. The number of carbonyl (C=O) groups excluding carboxylic acids is 1. The molecule has 31 heavy (non-hydrogen) atoms. The fourth-order valence-corrected chi connectivity index (χ4v) is 4.53. The van der Waals surface area contributed by atoms with Crippen molar-refractivity contribution < 1.29 is 9.32 Å². The van der Waals surface area contributed by atoms with Crippen LogP contribution in [0.1, 0.15) is 44.5 Å². The second kappa shape index (κ2) is 9.62. The van der Waals surface area contributed by atoms with E-state index in [1.54, 1.807) is 12.3 Å². The van der Waals surface area contributed by atoms with Crippen LogP contribution in [0.2, 0.25) is 0 Å². The van der Waals surface area contributed by atoms with Gasteiger partial charge in [0.15, 0.2) is 0 Å². The van der Waals surface area contributed by atoms with Crippen molar-refractivity contribution in [1.82, 2.24) is 15.5 Å².